The first-order valence-corrected chi connectivity index (χ1v) is 15.1. The molecule has 0 radical (unpaired) electrons. The number of furan rings is 1. The van der Waals surface area contributed by atoms with Gasteiger partial charge in [-0.1, -0.05) is 97.1 Å². The molecule has 4 aromatic heterocycles. The molecule has 46 heavy (non-hydrogen) atoms. The highest BCUT2D eigenvalue weighted by Gasteiger charge is 2.15. The highest BCUT2D eigenvalue weighted by Crippen LogP contribution is 2.35. The molecule has 0 saturated heterocycles. The van der Waals surface area contributed by atoms with Gasteiger partial charge >= 0.3 is 0 Å². The Balaban J connectivity index is 1.11. The first-order chi connectivity index (χ1) is 22.7. The molecule has 6 nitrogen and oxygen atoms in total. The summed E-state index contributed by atoms with van der Waals surface area (Å²) < 4.78 is 8.35. The molecule has 9 rings (SSSR count). The van der Waals surface area contributed by atoms with Gasteiger partial charge in [-0.3, -0.25) is 0 Å². The maximum absolute atomic E-state index is 6.32. The van der Waals surface area contributed by atoms with E-state index >= 15 is 0 Å². The second-order valence-corrected chi connectivity index (χ2v) is 11.2. The molecule has 0 aliphatic rings. The van der Waals surface area contributed by atoms with Crippen molar-refractivity contribution >= 4 is 27.6 Å². The molecule has 0 aliphatic carbocycles. The summed E-state index contributed by atoms with van der Waals surface area (Å²) in [5.74, 6) is 1.91. The van der Waals surface area contributed by atoms with Crippen molar-refractivity contribution in [1.29, 1.82) is 0 Å². The van der Waals surface area contributed by atoms with Crippen LogP contribution in [0.1, 0.15) is 0 Å². The zero-order valence-corrected chi connectivity index (χ0v) is 24.6. The van der Waals surface area contributed by atoms with Crippen LogP contribution in [0.2, 0.25) is 0 Å². The van der Waals surface area contributed by atoms with E-state index in [2.05, 4.69) is 54.6 Å². The number of fused-ring (bicyclic) bond motifs is 4. The molecule has 9 aromatic rings. The van der Waals surface area contributed by atoms with Gasteiger partial charge in [0.2, 0.25) is 0 Å². The van der Waals surface area contributed by atoms with Gasteiger partial charge < -0.3 is 8.82 Å². The first kappa shape index (κ1) is 26.0. The van der Waals surface area contributed by atoms with Gasteiger partial charge in [0.05, 0.1) is 5.69 Å². The van der Waals surface area contributed by atoms with Gasteiger partial charge in [0.25, 0.3) is 0 Å². The van der Waals surface area contributed by atoms with E-state index in [1.54, 1.807) is 0 Å². The molecule has 216 valence electrons. The van der Waals surface area contributed by atoms with E-state index in [1.165, 1.54) is 0 Å². The van der Waals surface area contributed by atoms with Gasteiger partial charge in [0.1, 0.15) is 16.8 Å². The van der Waals surface area contributed by atoms with E-state index in [1.807, 2.05) is 102 Å². The van der Waals surface area contributed by atoms with Gasteiger partial charge in [-0.25, -0.2) is 19.9 Å². The Morgan fingerprint density at radius 1 is 0.413 bits per heavy atom. The van der Waals surface area contributed by atoms with Crippen molar-refractivity contribution in [3.05, 3.63) is 152 Å². The molecule has 0 atom stereocenters. The molecule has 0 unspecified atom stereocenters. The molecule has 0 amide bonds. The van der Waals surface area contributed by atoms with E-state index in [9.17, 15) is 0 Å². The van der Waals surface area contributed by atoms with Crippen molar-refractivity contribution < 1.29 is 4.42 Å². The second-order valence-electron chi connectivity index (χ2n) is 11.2. The molecule has 0 N–H and O–H groups in total. The molecule has 0 fully saturated rings. The fourth-order valence-electron chi connectivity index (χ4n) is 5.97. The third-order valence-electron chi connectivity index (χ3n) is 8.28. The first-order valence-electron chi connectivity index (χ1n) is 15.1. The Morgan fingerprint density at radius 3 is 1.78 bits per heavy atom. The van der Waals surface area contributed by atoms with E-state index in [-0.39, 0.29) is 0 Å². The van der Waals surface area contributed by atoms with Gasteiger partial charge in [0.15, 0.2) is 17.5 Å². The van der Waals surface area contributed by atoms with E-state index in [0.717, 1.165) is 66.7 Å². The summed E-state index contributed by atoms with van der Waals surface area (Å²) in [5.41, 5.74) is 9.49. The largest absolute Gasteiger partial charge is 0.456 e. The third kappa shape index (κ3) is 4.60. The van der Waals surface area contributed by atoms with Crippen LogP contribution in [0.15, 0.2) is 156 Å². The lowest BCUT2D eigenvalue weighted by Gasteiger charge is -2.09. The van der Waals surface area contributed by atoms with Crippen LogP contribution >= 0.6 is 0 Å². The van der Waals surface area contributed by atoms with Gasteiger partial charge in [0, 0.05) is 45.4 Å². The van der Waals surface area contributed by atoms with Crippen molar-refractivity contribution in [2.45, 2.75) is 0 Å². The van der Waals surface area contributed by atoms with Crippen LogP contribution in [0.4, 0.5) is 0 Å². The third-order valence-corrected chi connectivity index (χ3v) is 8.28. The number of imidazole rings is 1. The standard InChI is InChI=1S/C40H25N5O/c1-3-10-26(11-4-1)38-42-39(27-12-5-2-6-13-27)44-40(43-38)31-15-9-14-28(22-31)29-18-20-35-33(23-29)32-19-17-30(24-36(32)46-35)34-25-45-21-8-7-16-37(45)41-34/h1-25H. The molecule has 0 aliphatic heterocycles. The lowest BCUT2D eigenvalue weighted by Crippen LogP contribution is -2.00. The lowest BCUT2D eigenvalue weighted by atomic mass is 10.00. The maximum Gasteiger partial charge on any atom is 0.164 e. The summed E-state index contributed by atoms with van der Waals surface area (Å²) in [5, 5.41) is 2.13. The van der Waals surface area contributed by atoms with Gasteiger partial charge in [-0.2, -0.15) is 0 Å². The second kappa shape index (κ2) is 10.6. The van der Waals surface area contributed by atoms with E-state index in [4.69, 9.17) is 24.4 Å². The molecule has 5 aromatic carbocycles. The fraction of sp³-hybridized carbons (Fsp3) is 0. The number of hydrogen-bond acceptors (Lipinski definition) is 5. The van der Waals surface area contributed by atoms with Gasteiger partial charge in [-0.05, 0) is 53.6 Å². The van der Waals surface area contributed by atoms with Crippen LogP contribution in [0.25, 0.3) is 84.1 Å². The zero-order valence-electron chi connectivity index (χ0n) is 24.6. The lowest BCUT2D eigenvalue weighted by molar-refractivity contribution is 0.669. The number of nitrogens with zero attached hydrogens (tertiary/aromatic N) is 5. The minimum absolute atomic E-state index is 0.629. The molecule has 0 bridgehead atoms. The van der Waals surface area contributed by atoms with Crippen LogP contribution < -0.4 is 0 Å². The predicted molar refractivity (Wildman–Crippen MR) is 183 cm³/mol. The molecule has 0 spiro atoms. The van der Waals surface area contributed by atoms with Crippen LogP contribution in [-0.4, -0.2) is 24.3 Å². The summed E-state index contributed by atoms with van der Waals surface area (Å²) in [4.78, 5) is 19.5. The topological polar surface area (TPSA) is 69.1 Å². The van der Waals surface area contributed by atoms with Crippen LogP contribution in [0, 0.1) is 0 Å². The minimum Gasteiger partial charge on any atom is -0.456 e. The SMILES string of the molecule is c1ccc(-c2nc(-c3ccccc3)nc(-c3cccc(-c4ccc5oc6cc(-c7cn8ccccc8n7)ccc6c5c4)c3)n2)cc1. The average molecular weight is 592 g/mol. The van der Waals surface area contributed by atoms with Crippen molar-refractivity contribution in [3.8, 4) is 56.5 Å². The van der Waals surface area contributed by atoms with Gasteiger partial charge in [-0.15, -0.1) is 0 Å². The smallest absolute Gasteiger partial charge is 0.164 e. The van der Waals surface area contributed by atoms with Crippen LogP contribution in [0.3, 0.4) is 0 Å². The highest BCUT2D eigenvalue weighted by molar-refractivity contribution is 6.07. The monoisotopic (exact) mass is 591 g/mol. The number of benzene rings is 5. The Kier molecular flexibility index (Phi) is 6.03. The van der Waals surface area contributed by atoms with Crippen LogP contribution in [0.5, 0.6) is 0 Å². The predicted octanol–water partition coefficient (Wildman–Crippen LogP) is 9.75. The van der Waals surface area contributed by atoms with E-state index < -0.39 is 0 Å². The molecule has 4 heterocycles. The van der Waals surface area contributed by atoms with Crippen molar-refractivity contribution in [1.82, 2.24) is 24.3 Å². The Hall–Kier alpha value is -6.40. The molecular formula is C40H25N5O. The maximum atomic E-state index is 6.32. The zero-order chi connectivity index (χ0) is 30.5. The Morgan fingerprint density at radius 2 is 1.04 bits per heavy atom. The molecular weight excluding hydrogens is 566 g/mol. The average Bonchev–Trinajstić information content (AvgIpc) is 3.73. The minimum atomic E-state index is 0.629. The summed E-state index contributed by atoms with van der Waals surface area (Å²) in [6.07, 6.45) is 4.05. The van der Waals surface area contributed by atoms with Crippen molar-refractivity contribution in [2.75, 3.05) is 0 Å². The Labute approximate surface area is 264 Å². The summed E-state index contributed by atoms with van der Waals surface area (Å²) in [6.45, 7) is 0. The highest BCUT2D eigenvalue weighted by atomic mass is 16.3. The summed E-state index contributed by atoms with van der Waals surface area (Å²) in [6, 6.07) is 47.1. The van der Waals surface area contributed by atoms with Crippen LogP contribution in [-0.2, 0) is 0 Å². The quantitative estimate of drug-likeness (QED) is 0.199. The number of rotatable bonds is 5. The van der Waals surface area contributed by atoms with Crippen molar-refractivity contribution in [3.63, 3.8) is 0 Å². The number of hydrogen-bond donors (Lipinski definition) is 0. The van der Waals surface area contributed by atoms with E-state index in [0.29, 0.717) is 17.5 Å². The molecule has 0 saturated carbocycles. The van der Waals surface area contributed by atoms with Crippen molar-refractivity contribution in [2.24, 2.45) is 0 Å². The summed E-state index contributed by atoms with van der Waals surface area (Å²) >= 11 is 0. The normalized spacial score (nSPS) is 11.5. The summed E-state index contributed by atoms with van der Waals surface area (Å²) in [7, 11) is 0. The fourth-order valence-corrected chi connectivity index (χ4v) is 5.97. The Bertz CT molecular complexity index is 2440. The number of aromatic nitrogens is 5. The molecule has 6 heteroatoms. The number of pyridine rings is 1.